The molecule has 1 aromatic carbocycles. The van der Waals surface area contributed by atoms with Gasteiger partial charge in [0.1, 0.15) is 5.82 Å². The summed E-state index contributed by atoms with van der Waals surface area (Å²) in [5.74, 6) is 0.598. The van der Waals surface area contributed by atoms with Gasteiger partial charge in [0.25, 0.3) is 5.91 Å². The Bertz CT molecular complexity index is 552. The SMILES string of the molecule is CCNc1ccc(C(=O)Nc2ccc(Br)cc2)cn1. The highest BCUT2D eigenvalue weighted by Crippen LogP contribution is 2.15. The van der Waals surface area contributed by atoms with Gasteiger partial charge in [-0.25, -0.2) is 4.98 Å². The number of carbonyl (C=O) groups excluding carboxylic acids is 1. The quantitative estimate of drug-likeness (QED) is 0.906. The summed E-state index contributed by atoms with van der Waals surface area (Å²) >= 11 is 3.35. The third kappa shape index (κ3) is 3.79. The summed E-state index contributed by atoms with van der Waals surface area (Å²) in [6.45, 7) is 2.80. The van der Waals surface area contributed by atoms with E-state index in [-0.39, 0.29) is 5.91 Å². The van der Waals surface area contributed by atoms with Crippen LogP contribution in [0, 0.1) is 0 Å². The summed E-state index contributed by atoms with van der Waals surface area (Å²) in [7, 11) is 0. The molecule has 2 N–H and O–H groups in total. The largest absolute Gasteiger partial charge is 0.370 e. The standard InChI is InChI=1S/C14H14BrN3O/c1-2-16-13-8-3-10(9-17-13)14(19)18-12-6-4-11(15)5-7-12/h3-9H,2H2,1H3,(H,16,17)(H,18,19). The van der Waals surface area contributed by atoms with Gasteiger partial charge in [0.05, 0.1) is 5.56 Å². The van der Waals surface area contributed by atoms with Crippen molar-refractivity contribution in [1.82, 2.24) is 4.98 Å². The second kappa shape index (κ2) is 6.33. The van der Waals surface area contributed by atoms with Crippen molar-refractivity contribution in [3.63, 3.8) is 0 Å². The van der Waals surface area contributed by atoms with Crippen molar-refractivity contribution in [1.29, 1.82) is 0 Å². The summed E-state index contributed by atoms with van der Waals surface area (Å²) in [6.07, 6.45) is 1.56. The molecule has 0 saturated carbocycles. The van der Waals surface area contributed by atoms with Gasteiger partial charge in [-0.2, -0.15) is 0 Å². The monoisotopic (exact) mass is 319 g/mol. The Hall–Kier alpha value is -1.88. The molecule has 0 aliphatic heterocycles. The number of carbonyl (C=O) groups is 1. The Morgan fingerprint density at radius 1 is 1.21 bits per heavy atom. The molecule has 1 heterocycles. The van der Waals surface area contributed by atoms with Crippen LogP contribution in [0.2, 0.25) is 0 Å². The van der Waals surface area contributed by atoms with E-state index in [2.05, 4.69) is 31.5 Å². The van der Waals surface area contributed by atoms with Crippen LogP contribution in [0.25, 0.3) is 0 Å². The highest BCUT2D eigenvalue weighted by atomic mass is 79.9. The maximum Gasteiger partial charge on any atom is 0.257 e. The van der Waals surface area contributed by atoms with Gasteiger partial charge in [0.15, 0.2) is 0 Å². The Morgan fingerprint density at radius 3 is 2.53 bits per heavy atom. The predicted octanol–water partition coefficient (Wildman–Crippen LogP) is 3.53. The Labute approximate surface area is 120 Å². The topological polar surface area (TPSA) is 54.0 Å². The van der Waals surface area contributed by atoms with Crippen LogP contribution in [0.5, 0.6) is 0 Å². The second-order valence-electron chi connectivity index (χ2n) is 3.92. The summed E-state index contributed by atoms with van der Waals surface area (Å²) in [4.78, 5) is 16.2. The Kier molecular flexibility index (Phi) is 4.52. The first kappa shape index (κ1) is 13.5. The second-order valence-corrected chi connectivity index (χ2v) is 4.84. The number of pyridine rings is 1. The lowest BCUT2D eigenvalue weighted by molar-refractivity contribution is 0.102. The molecule has 1 aromatic heterocycles. The highest BCUT2D eigenvalue weighted by molar-refractivity contribution is 9.10. The van der Waals surface area contributed by atoms with E-state index < -0.39 is 0 Å². The molecule has 0 radical (unpaired) electrons. The number of hydrogen-bond donors (Lipinski definition) is 2. The number of amides is 1. The molecular formula is C14H14BrN3O. The number of anilines is 2. The Balaban J connectivity index is 2.05. The first-order chi connectivity index (χ1) is 9.19. The zero-order valence-corrected chi connectivity index (χ0v) is 12.1. The van der Waals surface area contributed by atoms with E-state index in [0.29, 0.717) is 5.56 Å². The summed E-state index contributed by atoms with van der Waals surface area (Å²) in [6, 6.07) is 11.0. The normalized spacial score (nSPS) is 10.0. The number of hydrogen-bond acceptors (Lipinski definition) is 3. The molecule has 0 unspecified atom stereocenters. The van der Waals surface area contributed by atoms with Crippen molar-refractivity contribution in [3.8, 4) is 0 Å². The molecular weight excluding hydrogens is 306 g/mol. The lowest BCUT2D eigenvalue weighted by atomic mass is 10.2. The smallest absolute Gasteiger partial charge is 0.257 e. The van der Waals surface area contributed by atoms with Gasteiger partial charge in [-0.1, -0.05) is 15.9 Å². The molecule has 2 rings (SSSR count). The summed E-state index contributed by atoms with van der Waals surface area (Å²) < 4.78 is 0.974. The fourth-order valence-electron chi connectivity index (χ4n) is 1.55. The molecule has 19 heavy (non-hydrogen) atoms. The molecule has 98 valence electrons. The molecule has 0 saturated heterocycles. The van der Waals surface area contributed by atoms with E-state index in [4.69, 9.17) is 0 Å². The fourth-order valence-corrected chi connectivity index (χ4v) is 1.81. The number of benzene rings is 1. The molecule has 4 nitrogen and oxygen atoms in total. The van der Waals surface area contributed by atoms with Crippen LogP contribution in [0.3, 0.4) is 0 Å². The maximum absolute atomic E-state index is 12.0. The molecule has 0 aliphatic carbocycles. The molecule has 0 bridgehead atoms. The number of aromatic nitrogens is 1. The van der Waals surface area contributed by atoms with Crippen LogP contribution in [0.1, 0.15) is 17.3 Å². The molecule has 0 aliphatic rings. The lowest BCUT2D eigenvalue weighted by Gasteiger charge is -2.06. The van der Waals surface area contributed by atoms with Crippen molar-refractivity contribution in [2.75, 3.05) is 17.2 Å². The summed E-state index contributed by atoms with van der Waals surface area (Å²) in [5.41, 5.74) is 1.29. The van der Waals surface area contributed by atoms with E-state index >= 15 is 0 Å². The number of rotatable bonds is 4. The molecule has 0 atom stereocenters. The third-order valence-corrected chi connectivity index (χ3v) is 3.01. The van der Waals surface area contributed by atoms with E-state index in [1.165, 1.54) is 0 Å². The van der Waals surface area contributed by atoms with Gasteiger partial charge in [0, 0.05) is 22.9 Å². The lowest BCUT2D eigenvalue weighted by Crippen LogP contribution is -2.12. The first-order valence-electron chi connectivity index (χ1n) is 5.96. The highest BCUT2D eigenvalue weighted by Gasteiger charge is 2.06. The number of nitrogens with one attached hydrogen (secondary N) is 2. The minimum atomic E-state index is -0.169. The van der Waals surface area contributed by atoms with E-state index in [0.717, 1.165) is 22.5 Å². The van der Waals surface area contributed by atoms with Crippen LogP contribution in [0.15, 0.2) is 47.1 Å². The van der Waals surface area contributed by atoms with E-state index in [1.54, 1.807) is 18.3 Å². The molecule has 1 amide bonds. The molecule has 0 spiro atoms. The fraction of sp³-hybridized carbons (Fsp3) is 0.143. The average Bonchev–Trinajstić information content (AvgIpc) is 2.42. The van der Waals surface area contributed by atoms with Crippen LogP contribution < -0.4 is 10.6 Å². The van der Waals surface area contributed by atoms with Gasteiger partial charge >= 0.3 is 0 Å². The molecule has 0 fully saturated rings. The van der Waals surface area contributed by atoms with Crippen LogP contribution in [-0.2, 0) is 0 Å². The van der Waals surface area contributed by atoms with Crippen molar-refractivity contribution < 1.29 is 4.79 Å². The minimum absolute atomic E-state index is 0.169. The molecule has 2 aromatic rings. The predicted molar refractivity (Wildman–Crippen MR) is 80.5 cm³/mol. The minimum Gasteiger partial charge on any atom is -0.370 e. The average molecular weight is 320 g/mol. The van der Waals surface area contributed by atoms with Crippen molar-refractivity contribution in [3.05, 3.63) is 52.6 Å². The van der Waals surface area contributed by atoms with Crippen LogP contribution in [0.4, 0.5) is 11.5 Å². The van der Waals surface area contributed by atoms with Gasteiger partial charge in [-0.3, -0.25) is 4.79 Å². The number of nitrogens with zero attached hydrogens (tertiary/aromatic N) is 1. The maximum atomic E-state index is 12.0. The third-order valence-electron chi connectivity index (χ3n) is 2.49. The van der Waals surface area contributed by atoms with Crippen molar-refractivity contribution >= 4 is 33.3 Å². The van der Waals surface area contributed by atoms with Crippen molar-refractivity contribution in [2.45, 2.75) is 6.92 Å². The zero-order chi connectivity index (χ0) is 13.7. The van der Waals surface area contributed by atoms with Gasteiger partial charge < -0.3 is 10.6 Å². The summed E-state index contributed by atoms with van der Waals surface area (Å²) in [5, 5.41) is 5.90. The zero-order valence-electron chi connectivity index (χ0n) is 10.5. The van der Waals surface area contributed by atoms with E-state index in [1.807, 2.05) is 31.2 Å². The first-order valence-corrected chi connectivity index (χ1v) is 6.75. The van der Waals surface area contributed by atoms with E-state index in [9.17, 15) is 4.79 Å². The molecule has 5 heteroatoms. The van der Waals surface area contributed by atoms with Crippen LogP contribution in [-0.4, -0.2) is 17.4 Å². The number of halogens is 1. The Morgan fingerprint density at radius 2 is 1.95 bits per heavy atom. The van der Waals surface area contributed by atoms with Gasteiger partial charge in [-0.15, -0.1) is 0 Å². The van der Waals surface area contributed by atoms with Crippen LogP contribution >= 0.6 is 15.9 Å². The van der Waals surface area contributed by atoms with Crippen molar-refractivity contribution in [2.24, 2.45) is 0 Å². The van der Waals surface area contributed by atoms with Gasteiger partial charge in [-0.05, 0) is 43.3 Å². The van der Waals surface area contributed by atoms with Gasteiger partial charge in [0.2, 0.25) is 0 Å².